The van der Waals surface area contributed by atoms with Gasteiger partial charge >= 0.3 is 5.97 Å². The Balaban J connectivity index is 1.94. The van der Waals surface area contributed by atoms with E-state index < -0.39 is 23.5 Å². The maximum Gasteiger partial charge on any atom is 0.335 e. The molecule has 2 amide bonds. The maximum absolute atomic E-state index is 13.0. The molecular formula is C22H24N2O5. The first-order valence-electron chi connectivity index (χ1n) is 9.44. The van der Waals surface area contributed by atoms with Crippen LogP contribution in [-0.4, -0.2) is 34.5 Å². The number of amides is 2. The van der Waals surface area contributed by atoms with E-state index in [1.807, 2.05) is 31.2 Å². The van der Waals surface area contributed by atoms with E-state index >= 15 is 0 Å². The van der Waals surface area contributed by atoms with Crippen molar-refractivity contribution in [2.75, 3.05) is 10.2 Å². The summed E-state index contributed by atoms with van der Waals surface area (Å²) in [6.07, 6.45) is 0.894. The number of carboxylic acid groups (broad SMARTS) is 1. The molecule has 0 saturated heterocycles. The number of ether oxygens (including phenoxy) is 1. The lowest BCUT2D eigenvalue weighted by Crippen LogP contribution is -2.58. The predicted molar refractivity (Wildman–Crippen MR) is 110 cm³/mol. The van der Waals surface area contributed by atoms with Crippen molar-refractivity contribution in [2.45, 2.75) is 45.8 Å². The molecule has 2 N–H and O–H groups in total. The van der Waals surface area contributed by atoms with Crippen LogP contribution < -0.4 is 15.0 Å². The number of carboxylic acids is 1. The number of benzene rings is 2. The summed E-state index contributed by atoms with van der Waals surface area (Å²) in [5.41, 5.74) is 0.857. The molecule has 29 heavy (non-hydrogen) atoms. The molecule has 2 aromatic carbocycles. The Morgan fingerprint density at radius 1 is 1.17 bits per heavy atom. The molecule has 0 radical (unpaired) electrons. The van der Waals surface area contributed by atoms with Gasteiger partial charge in [-0.2, -0.15) is 0 Å². The summed E-state index contributed by atoms with van der Waals surface area (Å²) < 4.78 is 5.75. The molecule has 1 heterocycles. The van der Waals surface area contributed by atoms with Gasteiger partial charge in [0, 0.05) is 5.69 Å². The Morgan fingerprint density at radius 3 is 2.41 bits per heavy atom. The van der Waals surface area contributed by atoms with Crippen LogP contribution in [0, 0.1) is 0 Å². The van der Waals surface area contributed by atoms with Crippen LogP contribution >= 0.6 is 0 Å². The van der Waals surface area contributed by atoms with Crippen molar-refractivity contribution in [3.63, 3.8) is 0 Å². The fourth-order valence-corrected chi connectivity index (χ4v) is 3.22. The maximum atomic E-state index is 13.0. The first-order chi connectivity index (χ1) is 13.6. The highest BCUT2D eigenvalue weighted by Crippen LogP contribution is 2.39. The standard InChI is InChI=1S/C22H24N2O5/c1-5-14-6-9-16(10-7-14)23-19(25)13(2)24-17-12-15(20(26)27)8-11-18(17)29-22(3,4)21(24)28/h6-13H,5H2,1-4H3,(H,23,25)(H,26,27). The van der Waals surface area contributed by atoms with Gasteiger partial charge in [0.1, 0.15) is 11.8 Å². The number of hydrogen-bond acceptors (Lipinski definition) is 4. The number of aryl methyl sites for hydroxylation is 1. The van der Waals surface area contributed by atoms with Gasteiger partial charge in [-0.15, -0.1) is 0 Å². The van der Waals surface area contributed by atoms with E-state index in [0.29, 0.717) is 11.4 Å². The average Bonchev–Trinajstić information content (AvgIpc) is 2.68. The lowest BCUT2D eigenvalue weighted by molar-refractivity contribution is -0.134. The minimum atomic E-state index is -1.19. The number of carbonyl (C=O) groups excluding carboxylic acids is 2. The summed E-state index contributed by atoms with van der Waals surface area (Å²) in [5, 5.41) is 12.1. The van der Waals surface area contributed by atoms with Crippen molar-refractivity contribution < 1.29 is 24.2 Å². The number of nitrogens with one attached hydrogen (secondary N) is 1. The van der Waals surface area contributed by atoms with Gasteiger partial charge in [0.15, 0.2) is 5.60 Å². The number of hydrogen-bond donors (Lipinski definition) is 2. The highest BCUT2D eigenvalue weighted by atomic mass is 16.5. The summed E-state index contributed by atoms with van der Waals surface area (Å²) in [4.78, 5) is 38.6. The van der Waals surface area contributed by atoms with Crippen LogP contribution in [0.1, 0.15) is 43.6 Å². The van der Waals surface area contributed by atoms with Gasteiger partial charge in [0.05, 0.1) is 11.3 Å². The number of rotatable bonds is 5. The zero-order valence-corrected chi connectivity index (χ0v) is 16.9. The minimum absolute atomic E-state index is 0.00705. The molecule has 2 aromatic rings. The van der Waals surface area contributed by atoms with Crippen LogP contribution in [-0.2, 0) is 16.0 Å². The van der Waals surface area contributed by atoms with Gasteiger partial charge < -0.3 is 15.2 Å². The fraction of sp³-hybridized carbons (Fsp3) is 0.318. The van der Waals surface area contributed by atoms with E-state index in [0.717, 1.165) is 12.0 Å². The minimum Gasteiger partial charge on any atom is -0.478 e. The molecule has 1 atom stereocenters. The fourth-order valence-electron chi connectivity index (χ4n) is 3.22. The van der Waals surface area contributed by atoms with E-state index in [2.05, 4.69) is 5.32 Å². The second kappa shape index (κ2) is 7.58. The van der Waals surface area contributed by atoms with E-state index in [1.165, 1.54) is 23.1 Å². The molecule has 0 aromatic heterocycles. The topological polar surface area (TPSA) is 95.9 Å². The SMILES string of the molecule is CCc1ccc(NC(=O)C(C)N2C(=O)C(C)(C)Oc3ccc(C(=O)O)cc32)cc1. The van der Waals surface area contributed by atoms with Gasteiger partial charge in [0.25, 0.3) is 5.91 Å². The Hall–Kier alpha value is -3.35. The van der Waals surface area contributed by atoms with Gasteiger partial charge in [-0.1, -0.05) is 19.1 Å². The van der Waals surface area contributed by atoms with Gasteiger partial charge in [-0.25, -0.2) is 4.79 Å². The summed E-state index contributed by atoms with van der Waals surface area (Å²) in [5.74, 6) is -1.58. The van der Waals surface area contributed by atoms with E-state index in [-0.39, 0.29) is 17.2 Å². The molecule has 0 bridgehead atoms. The summed E-state index contributed by atoms with van der Waals surface area (Å²) >= 11 is 0. The largest absolute Gasteiger partial charge is 0.478 e. The third-order valence-electron chi connectivity index (χ3n) is 4.96. The van der Waals surface area contributed by atoms with Crippen molar-refractivity contribution in [1.82, 2.24) is 0 Å². The second-order valence-electron chi connectivity index (χ2n) is 7.49. The van der Waals surface area contributed by atoms with Crippen LogP contribution in [0.2, 0.25) is 0 Å². The van der Waals surface area contributed by atoms with Crippen molar-refractivity contribution >= 4 is 29.2 Å². The van der Waals surface area contributed by atoms with Crippen molar-refractivity contribution in [2.24, 2.45) is 0 Å². The Kier molecular flexibility index (Phi) is 5.33. The Bertz CT molecular complexity index is 966. The molecule has 0 spiro atoms. The van der Waals surface area contributed by atoms with Crippen LogP contribution in [0.5, 0.6) is 5.75 Å². The van der Waals surface area contributed by atoms with E-state index in [1.54, 1.807) is 20.8 Å². The van der Waals surface area contributed by atoms with Crippen LogP contribution in [0.4, 0.5) is 11.4 Å². The first kappa shape index (κ1) is 20.4. The molecule has 0 aliphatic carbocycles. The predicted octanol–water partition coefficient (Wildman–Crippen LogP) is 3.48. The molecule has 3 rings (SSSR count). The lowest BCUT2D eigenvalue weighted by atomic mass is 10.0. The molecule has 0 saturated carbocycles. The quantitative estimate of drug-likeness (QED) is 0.807. The molecule has 1 unspecified atom stereocenters. The van der Waals surface area contributed by atoms with Gasteiger partial charge in [0.2, 0.25) is 5.91 Å². The number of carbonyl (C=O) groups is 3. The number of nitrogens with zero attached hydrogens (tertiary/aromatic N) is 1. The molecule has 152 valence electrons. The molecule has 1 aliphatic rings. The Morgan fingerprint density at radius 2 is 1.83 bits per heavy atom. The summed E-state index contributed by atoms with van der Waals surface area (Å²) in [7, 11) is 0. The first-order valence-corrected chi connectivity index (χ1v) is 9.44. The molecule has 1 aliphatic heterocycles. The smallest absolute Gasteiger partial charge is 0.335 e. The monoisotopic (exact) mass is 396 g/mol. The van der Waals surface area contributed by atoms with Crippen molar-refractivity contribution in [3.05, 3.63) is 53.6 Å². The zero-order valence-electron chi connectivity index (χ0n) is 16.9. The van der Waals surface area contributed by atoms with Crippen LogP contribution in [0.3, 0.4) is 0 Å². The normalized spacial score (nSPS) is 15.9. The third-order valence-corrected chi connectivity index (χ3v) is 4.96. The molecule has 7 heteroatoms. The van der Waals surface area contributed by atoms with Gasteiger partial charge in [-0.05, 0) is 63.1 Å². The number of aromatic carboxylic acids is 1. The molecule has 7 nitrogen and oxygen atoms in total. The number of fused-ring (bicyclic) bond motifs is 1. The van der Waals surface area contributed by atoms with Crippen LogP contribution in [0.25, 0.3) is 0 Å². The molecule has 0 fully saturated rings. The average molecular weight is 396 g/mol. The van der Waals surface area contributed by atoms with Gasteiger partial charge in [-0.3, -0.25) is 14.5 Å². The van der Waals surface area contributed by atoms with E-state index in [4.69, 9.17) is 4.74 Å². The lowest BCUT2D eigenvalue weighted by Gasteiger charge is -2.41. The van der Waals surface area contributed by atoms with Crippen LogP contribution in [0.15, 0.2) is 42.5 Å². The third kappa shape index (κ3) is 3.94. The molecular weight excluding hydrogens is 372 g/mol. The highest BCUT2D eigenvalue weighted by molar-refractivity contribution is 6.10. The Labute approximate surface area is 169 Å². The zero-order chi connectivity index (χ0) is 21.3. The number of anilines is 2. The summed E-state index contributed by atoms with van der Waals surface area (Å²) in [6.45, 7) is 6.88. The highest BCUT2D eigenvalue weighted by Gasteiger charge is 2.44. The van der Waals surface area contributed by atoms with E-state index in [9.17, 15) is 19.5 Å². The second-order valence-corrected chi connectivity index (χ2v) is 7.49. The van der Waals surface area contributed by atoms with Crippen molar-refractivity contribution in [3.8, 4) is 5.75 Å². The summed E-state index contributed by atoms with van der Waals surface area (Å²) in [6, 6.07) is 10.9. The van der Waals surface area contributed by atoms with Crippen molar-refractivity contribution in [1.29, 1.82) is 0 Å².